The number of carbonyl (C=O) groups excluding carboxylic acids is 1. The Morgan fingerprint density at radius 3 is 2.45 bits per heavy atom. The van der Waals surface area contributed by atoms with Crippen LogP contribution >= 0.6 is 0 Å². The number of nitrogens with one attached hydrogen (secondary N) is 1. The quantitative estimate of drug-likeness (QED) is 0.904. The van der Waals surface area contributed by atoms with Crippen LogP contribution in [0.3, 0.4) is 0 Å². The molecule has 1 N–H and O–H groups in total. The van der Waals surface area contributed by atoms with E-state index in [2.05, 4.69) is 5.32 Å². The summed E-state index contributed by atoms with van der Waals surface area (Å²) in [6, 6.07) is 8.57. The highest BCUT2D eigenvalue weighted by Gasteiger charge is 2.39. The number of hydrogen-bond donors (Lipinski definition) is 1. The number of sulfone groups is 1. The third kappa shape index (κ3) is 3.03. The van der Waals surface area contributed by atoms with Crippen LogP contribution in [-0.2, 0) is 14.6 Å². The predicted octanol–water partition coefficient (Wildman–Crippen LogP) is 1.06. The Labute approximate surface area is 131 Å². The monoisotopic (exact) mass is 322 g/mol. The molecule has 1 aromatic rings. The van der Waals surface area contributed by atoms with Gasteiger partial charge in [-0.05, 0) is 31.4 Å². The Hall–Kier alpha value is -1.40. The van der Waals surface area contributed by atoms with Gasteiger partial charge in [0.1, 0.15) is 0 Å². The SMILES string of the molecule is O=C([C@@H]1CC[C@@H](S(=O)(=O)c2ccccc2)C1)N1CCNCC1. The number of hydrogen-bond acceptors (Lipinski definition) is 4. The molecule has 2 fully saturated rings. The topological polar surface area (TPSA) is 66.5 Å². The maximum atomic E-state index is 12.6. The third-order valence-corrected chi connectivity index (χ3v) is 6.91. The maximum absolute atomic E-state index is 12.6. The molecule has 1 saturated heterocycles. The molecule has 1 amide bonds. The number of piperazine rings is 1. The van der Waals surface area contributed by atoms with E-state index in [9.17, 15) is 13.2 Å². The summed E-state index contributed by atoms with van der Waals surface area (Å²) < 4.78 is 25.3. The highest BCUT2D eigenvalue weighted by molar-refractivity contribution is 7.92. The van der Waals surface area contributed by atoms with E-state index in [4.69, 9.17) is 0 Å². The van der Waals surface area contributed by atoms with Crippen LogP contribution in [0.2, 0.25) is 0 Å². The predicted molar refractivity (Wildman–Crippen MR) is 84.2 cm³/mol. The molecule has 2 aliphatic rings. The fourth-order valence-corrected chi connectivity index (χ4v) is 5.25. The molecule has 6 heteroatoms. The van der Waals surface area contributed by atoms with Gasteiger partial charge in [0.15, 0.2) is 9.84 Å². The van der Waals surface area contributed by atoms with Crippen molar-refractivity contribution in [1.82, 2.24) is 10.2 Å². The van der Waals surface area contributed by atoms with Crippen molar-refractivity contribution in [2.45, 2.75) is 29.4 Å². The van der Waals surface area contributed by atoms with Crippen molar-refractivity contribution in [2.24, 2.45) is 5.92 Å². The number of amides is 1. The van der Waals surface area contributed by atoms with E-state index in [1.807, 2.05) is 11.0 Å². The Morgan fingerprint density at radius 2 is 1.77 bits per heavy atom. The fourth-order valence-electron chi connectivity index (χ4n) is 3.39. The van der Waals surface area contributed by atoms with Crippen LogP contribution in [-0.4, -0.2) is 50.7 Å². The van der Waals surface area contributed by atoms with Crippen molar-refractivity contribution in [3.05, 3.63) is 30.3 Å². The number of nitrogens with zero attached hydrogens (tertiary/aromatic N) is 1. The lowest BCUT2D eigenvalue weighted by atomic mass is 10.1. The Bertz CT molecular complexity index is 624. The molecule has 120 valence electrons. The summed E-state index contributed by atoms with van der Waals surface area (Å²) in [5.41, 5.74) is 0. The molecule has 5 nitrogen and oxygen atoms in total. The molecule has 1 saturated carbocycles. The van der Waals surface area contributed by atoms with Gasteiger partial charge < -0.3 is 10.2 Å². The molecule has 0 radical (unpaired) electrons. The molecule has 1 heterocycles. The minimum absolute atomic E-state index is 0.132. The third-order valence-electron chi connectivity index (χ3n) is 4.67. The minimum Gasteiger partial charge on any atom is -0.340 e. The van der Waals surface area contributed by atoms with Crippen molar-refractivity contribution in [3.63, 3.8) is 0 Å². The molecule has 0 aromatic heterocycles. The van der Waals surface area contributed by atoms with Crippen LogP contribution in [0.5, 0.6) is 0 Å². The van der Waals surface area contributed by atoms with Gasteiger partial charge in [0.2, 0.25) is 5.91 Å². The van der Waals surface area contributed by atoms with E-state index in [1.165, 1.54) is 0 Å². The fraction of sp³-hybridized carbons (Fsp3) is 0.562. The van der Waals surface area contributed by atoms with Gasteiger partial charge in [-0.3, -0.25) is 4.79 Å². The molecular weight excluding hydrogens is 300 g/mol. The molecule has 1 aromatic carbocycles. The lowest BCUT2D eigenvalue weighted by Gasteiger charge is -2.29. The van der Waals surface area contributed by atoms with Gasteiger partial charge in [-0.15, -0.1) is 0 Å². The van der Waals surface area contributed by atoms with Crippen molar-refractivity contribution in [2.75, 3.05) is 26.2 Å². The summed E-state index contributed by atoms with van der Waals surface area (Å²) in [6.45, 7) is 3.10. The van der Waals surface area contributed by atoms with Crippen LogP contribution < -0.4 is 5.32 Å². The van der Waals surface area contributed by atoms with Crippen LogP contribution in [0, 0.1) is 5.92 Å². The molecule has 0 unspecified atom stereocenters. The van der Waals surface area contributed by atoms with E-state index in [-0.39, 0.29) is 11.8 Å². The van der Waals surface area contributed by atoms with E-state index in [0.717, 1.165) is 26.2 Å². The molecule has 1 aliphatic carbocycles. The zero-order valence-corrected chi connectivity index (χ0v) is 13.4. The minimum atomic E-state index is -3.32. The average molecular weight is 322 g/mol. The van der Waals surface area contributed by atoms with Crippen LogP contribution in [0.25, 0.3) is 0 Å². The molecule has 0 bridgehead atoms. The lowest BCUT2D eigenvalue weighted by Crippen LogP contribution is -2.48. The summed E-state index contributed by atoms with van der Waals surface area (Å²) in [4.78, 5) is 14.8. The van der Waals surface area contributed by atoms with Gasteiger partial charge in [-0.1, -0.05) is 18.2 Å². The second-order valence-electron chi connectivity index (χ2n) is 6.07. The van der Waals surface area contributed by atoms with Gasteiger partial charge in [0.05, 0.1) is 10.1 Å². The van der Waals surface area contributed by atoms with Gasteiger partial charge in [0, 0.05) is 32.1 Å². The number of carbonyl (C=O) groups is 1. The molecule has 2 atom stereocenters. The van der Waals surface area contributed by atoms with E-state index >= 15 is 0 Å². The average Bonchev–Trinajstić information content (AvgIpc) is 3.06. The van der Waals surface area contributed by atoms with E-state index in [0.29, 0.717) is 24.2 Å². The van der Waals surface area contributed by atoms with Gasteiger partial charge >= 0.3 is 0 Å². The van der Waals surface area contributed by atoms with Crippen molar-refractivity contribution in [1.29, 1.82) is 0 Å². The smallest absolute Gasteiger partial charge is 0.225 e. The maximum Gasteiger partial charge on any atom is 0.225 e. The molecule has 0 spiro atoms. The van der Waals surface area contributed by atoms with E-state index in [1.54, 1.807) is 24.3 Å². The van der Waals surface area contributed by atoms with Crippen LogP contribution in [0.15, 0.2) is 35.2 Å². The largest absolute Gasteiger partial charge is 0.340 e. The van der Waals surface area contributed by atoms with Gasteiger partial charge in [0.25, 0.3) is 0 Å². The normalized spacial score (nSPS) is 26.1. The number of benzene rings is 1. The second-order valence-corrected chi connectivity index (χ2v) is 8.29. The zero-order chi connectivity index (χ0) is 15.6. The Balaban J connectivity index is 1.68. The van der Waals surface area contributed by atoms with Crippen molar-refractivity contribution in [3.8, 4) is 0 Å². The second kappa shape index (κ2) is 6.38. The standard InChI is InChI=1S/C16H22N2O3S/c19-16(18-10-8-17-9-11-18)13-6-7-15(12-13)22(20,21)14-4-2-1-3-5-14/h1-5,13,15,17H,6-12H2/t13-,15-/m1/s1. The highest BCUT2D eigenvalue weighted by atomic mass is 32.2. The van der Waals surface area contributed by atoms with Crippen molar-refractivity contribution >= 4 is 15.7 Å². The first-order valence-corrected chi connectivity index (χ1v) is 9.42. The number of rotatable bonds is 3. The van der Waals surface area contributed by atoms with Gasteiger partial charge in [-0.2, -0.15) is 0 Å². The zero-order valence-electron chi connectivity index (χ0n) is 12.6. The summed E-state index contributed by atoms with van der Waals surface area (Å²) in [5.74, 6) is -0.00570. The van der Waals surface area contributed by atoms with Gasteiger partial charge in [-0.25, -0.2) is 8.42 Å². The summed E-state index contributed by atoms with van der Waals surface area (Å²) in [5, 5.41) is 2.80. The Morgan fingerprint density at radius 1 is 1.09 bits per heavy atom. The van der Waals surface area contributed by atoms with Crippen LogP contribution in [0.4, 0.5) is 0 Å². The molecule has 1 aliphatic heterocycles. The molecular formula is C16H22N2O3S. The first-order chi connectivity index (χ1) is 10.6. The van der Waals surface area contributed by atoms with Crippen LogP contribution in [0.1, 0.15) is 19.3 Å². The summed E-state index contributed by atoms with van der Waals surface area (Å²) in [7, 11) is -3.32. The Kier molecular flexibility index (Phi) is 4.49. The summed E-state index contributed by atoms with van der Waals surface area (Å²) in [6.07, 6.45) is 1.72. The van der Waals surface area contributed by atoms with E-state index < -0.39 is 15.1 Å². The highest BCUT2D eigenvalue weighted by Crippen LogP contribution is 2.34. The van der Waals surface area contributed by atoms with Crippen molar-refractivity contribution < 1.29 is 13.2 Å². The molecule has 22 heavy (non-hydrogen) atoms. The molecule has 3 rings (SSSR count). The first kappa shape index (κ1) is 15.5. The lowest BCUT2D eigenvalue weighted by molar-refractivity contribution is -0.135. The summed E-state index contributed by atoms with van der Waals surface area (Å²) >= 11 is 0. The first-order valence-electron chi connectivity index (χ1n) is 7.87.